The van der Waals surface area contributed by atoms with Crippen LogP contribution in [0.4, 0.5) is 0 Å². The molecule has 0 aliphatic carbocycles. The summed E-state index contributed by atoms with van der Waals surface area (Å²) in [4.78, 5) is 15.4. The summed E-state index contributed by atoms with van der Waals surface area (Å²) in [7, 11) is -3.45. The highest BCUT2D eigenvalue weighted by Crippen LogP contribution is 2.16. The van der Waals surface area contributed by atoms with E-state index in [2.05, 4.69) is 6.58 Å². The second kappa shape index (κ2) is 8.26. The Morgan fingerprint density at radius 3 is 2.54 bits per heavy atom. The average molecular weight is 364 g/mol. The van der Waals surface area contributed by atoms with Crippen molar-refractivity contribution in [3.63, 3.8) is 0 Å². The van der Waals surface area contributed by atoms with Crippen molar-refractivity contribution in [2.45, 2.75) is 24.8 Å². The fourth-order valence-corrected chi connectivity index (χ4v) is 4.19. The topological polar surface area (TPSA) is 54.5 Å². The first-order chi connectivity index (χ1) is 11.4. The zero-order chi connectivity index (χ0) is 17.6. The summed E-state index contributed by atoms with van der Waals surface area (Å²) >= 11 is 1.57. The van der Waals surface area contributed by atoms with E-state index in [9.17, 15) is 13.2 Å². The van der Waals surface area contributed by atoms with Crippen LogP contribution in [0.3, 0.4) is 0 Å². The minimum Gasteiger partial charge on any atom is -0.334 e. The Morgan fingerprint density at radius 1 is 1.25 bits per heavy atom. The first-order valence-electron chi connectivity index (χ1n) is 7.63. The summed E-state index contributed by atoms with van der Waals surface area (Å²) in [6.45, 7) is 6.45. The third-order valence-electron chi connectivity index (χ3n) is 3.59. The zero-order valence-corrected chi connectivity index (χ0v) is 15.3. The van der Waals surface area contributed by atoms with Gasteiger partial charge in [0.2, 0.25) is 5.91 Å². The van der Waals surface area contributed by atoms with Crippen LogP contribution < -0.4 is 0 Å². The predicted octanol–water partition coefficient (Wildman–Crippen LogP) is 3.44. The maximum atomic E-state index is 12.4. The number of benzene rings is 1. The first kappa shape index (κ1) is 18.4. The molecule has 128 valence electrons. The van der Waals surface area contributed by atoms with Gasteiger partial charge < -0.3 is 4.90 Å². The molecule has 0 unspecified atom stereocenters. The van der Waals surface area contributed by atoms with E-state index in [1.54, 1.807) is 46.6 Å². The van der Waals surface area contributed by atoms with Gasteiger partial charge >= 0.3 is 0 Å². The molecule has 4 nitrogen and oxygen atoms in total. The van der Waals surface area contributed by atoms with Crippen molar-refractivity contribution in [3.05, 3.63) is 64.9 Å². The number of sulfone groups is 1. The maximum absolute atomic E-state index is 12.4. The fourth-order valence-electron chi connectivity index (χ4n) is 2.24. The summed E-state index contributed by atoms with van der Waals surface area (Å²) < 4.78 is 24.7. The van der Waals surface area contributed by atoms with Gasteiger partial charge in [-0.25, -0.2) is 8.42 Å². The van der Waals surface area contributed by atoms with Gasteiger partial charge in [-0.05, 0) is 30.5 Å². The molecule has 1 aromatic heterocycles. The SMILES string of the molecule is C=CCN(Cc1cccs1)C(=O)CCS(=O)(=O)c1ccc(C)cc1. The molecular weight excluding hydrogens is 342 g/mol. The van der Waals surface area contributed by atoms with Crippen molar-refractivity contribution < 1.29 is 13.2 Å². The van der Waals surface area contributed by atoms with Crippen molar-refractivity contribution in [3.8, 4) is 0 Å². The van der Waals surface area contributed by atoms with E-state index in [1.807, 2.05) is 24.4 Å². The quantitative estimate of drug-likeness (QED) is 0.675. The maximum Gasteiger partial charge on any atom is 0.224 e. The Kier molecular flexibility index (Phi) is 6.34. The number of thiophene rings is 1. The van der Waals surface area contributed by atoms with Gasteiger partial charge in [-0.3, -0.25) is 4.79 Å². The number of aryl methyl sites for hydroxylation is 1. The largest absolute Gasteiger partial charge is 0.334 e. The Hall–Kier alpha value is -1.92. The van der Waals surface area contributed by atoms with Gasteiger partial charge in [0.05, 0.1) is 17.2 Å². The lowest BCUT2D eigenvalue weighted by Gasteiger charge is -2.20. The van der Waals surface area contributed by atoms with Crippen LogP contribution in [0, 0.1) is 6.92 Å². The summed E-state index contributed by atoms with van der Waals surface area (Å²) in [6.07, 6.45) is 1.62. The molecule has 0 atom stereocenters. The predicted molar refractivity (Wildman–Crippen MR) is 97.8 cm³/mol. The van der Waals surface area contributed by atoms with Gasteiger partial charge in [-0.2, -0.15) is 0 Å². The molecule has 0 saturated heterocycles. The average Bonchev–Trinajstić information content (AvgIpc) is 3.06. The van der Waals surface area contributed by atoms with E-state index < -0.39 is 9.84 Å². The number of nitrogens with zero attached hydrogens (tertiary/aromatic N) is 1. The lowest BCUT2D eigenvalue weighted by atomic mass is 10.2. The van der Waals surface area contributed by atoms with Gasteiger partial charge in [0.1, 0.15) is 0 Å². The van der Waals surface area contributed by atoms with E-state index >= 15 is 0 Å². The molecule has 0 bridgehead atoms. The second-order valence-electron chi connectivity index (χ2n) is 5.52. The molecule has 2 aromatic rings. The third-order valence-corrected chi connectivity index (χ3v) is 6.19. The van der Waals surface area contributed by atoms with E-state index in [4.69, 9.17) is 0 Å². The lowest BCUT2D eigenvalue weighted by molar-refractivity contribution is -0.130. The van der Waals surface area contributed by atoms with Crippen molar-refractivity contribution in [2.75, 3.05) is 12.3 Å². The molecule has 0 N–H and O–H groups in total. The van der Waals surface area contributed by atoms with Gasteiger partial charge in [0.25, 0.3) is 0 Å². The number of hydrogen-bond acceptors (Lipinski definition) is 4. The first-order valence-corrected chi connectivity index (χ1v) is 10.2. The summed E-state index contributed by atoms with van der Waals surface area (Å²) in [5.41, 5.74) is 0.998. The van der Waals surface area contributed by atoms with E-state index in [0.29, 0.717) is 13.1 Å². The standard InChI is InChI=1S/C18H21NO3S2/c1-3-11-19(14-16-5-4-12-23-16)18(20)10-13-24(21,22)17-8-6-15(2)7-9-17/h3-9,12H,1,10-11,13-14H2,2H3. The van der Waals surface area contributed by atoms with Crippen LogP contribution in [0.1, 0.15) is 16.9 Å². The van der Waals surface area contributed by atoms with Crippen molar-refractivity contribution in [1.82, 2.24) is 4.90 Å². The highest BCUT2D eigenvalue weighted by Gasteiger charge is 2.19. The van der Waals surface area contributed by atoms with Gasteiger partial charge in [-0.1, -0.05) is 29.8 Å². The highest BCUT2D eigenvalue weighted by molar-refractivity contribution is 7.91. The second-order valence-corrected chi connectivity index (χ2v) is 8.67. The molecular formula is C18H21NO3S2. The van der Waals surface area contributed by atoms with Gasteiger partial charge in [0, 0.05) is 17.8 Å². The molecule has 0 aliphatic heterocycles. The molecule has 0 saturated carbocycles. The number of carbonyl (C=O) groups excluding carboxylic acids is 1. The van der Waals surface area contributed by atoms with E-state index in [-0.39, 0.29) is 23.0 Å². The summed E-state index contributed by atoms with van der Waals surface area (Å²) in [5.74, 6) is -0.369. The smallest absolute Gasteiger partial charge is 0.224 e. The molecule has 0 aliphatic rings. The summed E-state index contributed by atoms with van der Waals surface area (Å²) in [5, 5.41) is 1.95. The minimum atomic E-state index is -3.45. The summed E-state index contributed by atoms with van der Waals surface area (Å²) in [6, 6.07) is 10.6. The van der Waals surface area contributed by atoms with Crippen LogP contribution in [-0.2, 0) is 21.2 Å². The van der Waals surface area contributed by atoms with Crippen LogP contribution in [0.25, 0.3) is 0 Å². The van der Waals surface area contributed by atoms with Crippen LogP contribution in [0.2, 0.25) is 0 Å². The number of carbonyl (C=O) groups is 1. The zero-order valence-electron chi connectivity index (χ0n) is 13.6. The van der Waals surface area contributed by atoms with E-state index in [0.717, 1.165) is 10.4 Å². The molecule has 1 heterocycles. The van der Waals surface area contributed by atoms with Crippen LogP contribution in [-0.4, -0.2) is 31.5 Å². The highest BCUT2D eigenvalue weighted by atomic mass is 32.2. The van der Waals surface area contributed by atoms with Crippen molar-refractivity contribution in [2.24, 2.45) is 0 Å². The number of amides is 1. The molecule has 1 amide bonds. The van der Waals surface area contributed by atoms with E-state index in [1.165, 1.54) is 0 Å². The Morgan fingerprint density at radius 2 is 1.96 bits per heavy atom. The van der Waals surface area contributed by atoms with Gasteiger partial charge in [0.15, 0.2) is 9.84 Å². The molecule has 0 spiro atoms. The molecule has 6 heteroatoms. The fraction of sp³-hybridized carbons (Fsp3) is 0.278. The molecule has 1 aromatic carbocycles. The normalized spacial score (nSPS) is 11.2. The number of hydrogen-bond donors (Lipinski definition) is 0. The molecule has 24 heavy (non-hydrogen) atoms. The molecule has 2 rings (SSSR count). The molecule has 0 radical (unpaired) electrons. The monoisotopic (exact) mass is 363 g/mol. The van der Waals surface area contributed by atoms with Crippen LogP contribution in [0.15, 0.2) is 59.3 Å². The Labute approximate surface area is 147 Å². The molecule has 0 fully saturated rings. The van der Waals surface area contributed by atoms with Crippen LogP contribution in [0.5, 0.6) is 0 Å². The lowest BCUT2D eigenvalue weighted by Crippen LogP contribution is -2.31. The van der Waals surface area contributed by atoms with Gasteiger partial charge in [-0.15, -0.1) is 17.9 Å². The van der Waals surface area contributed by atoms with Crippen molar-refractivity contribution in [1.29, 1.82) is 0 Å². The minimum absolute atomic E-state index is 0.0323. The number of rotatable bonds is 8. The van der Waals surface area contributed by atoms with Crippen molar-refractivity contribution >= 4 is 27.1 Å². The van der Waals surface area contributed by atoms with Crippen LogP contribution >= 0.6 is 11.3 Å². The third kappa shape index (κ3) is 5.04. The Bertz CT molecular complexity index is 778. The Balaban J connectivity index is 2.01.